The number of benzene rings is 1. The number of ether oxygens (including phenoxy) is 1. The van der Waals surface area contributed by atoms with Crippen LogP contribution in [0.1, 0.15) is 25.0 Å². The van der Waals surface area contributed by atoms with Crippen molar-refractivity contribution in [2.24, 2.45) is 0 Å². The SMILES string of the molecule is Cc1cc(Nc2ccc(N3CCCCC3)cc2)nc(N2CCOCC2)n1. The number of anilines is 4. The maximum atomic E-state index is 5.42. The number of aromatic nitrogens is 2. The van der Waals surface area contributed by atoms with Crippen molar-refractivity contribution < 1.29 is 4.74 Å². The highest BCUT2D eigenvalue weighted by atomic mass is 16.5. The number of morpholine rings is 1. The molecule has 1 aromatic carbocycles. The monoisotopic (exact) mass is 353 g/mol. The van der Waals surface area contributed by atoms with Gasteiger partial charge in [0.15, 0.2) is 0 Å². The molecule has 0 aliphatic carbocycles. The Morgan fingerprint density at radius 1 is 0.885 bits per heavy atom. The minimum absolute atomic E-state index is 0.734. The third kappa shape index (κ3) is 4.07. The van der Waals surface area contributed by atoms with Crippen LogP contribution in [0.4, 0.5) is 23.1 Å². The van der Waals surface area contributed by atoms with Gasteiger partial charge in [-0.25, -0.2) is 4.98 Å². The van der Waals surface area contributed by atoms with Crippen LogP contribution in [-0.4, -0.2) is 49.4 Å². The average Bonchev–Trinajstić information content (AvgIpc) is 2.69. The summed E-state index contributed by atoms with van der Waals surface area (Å²) in [5.41, 5.74) is 3.33. The molecule has 4 rings (SSSR count). The van der Waals surface area contributed by atoms with E-state index in [9.17, 15) is 0 Å². The predicted molar refractivity (Wildman–Crippen MR) is 106 cm³/mol. The van der Waals surface area contributed by atoms with Gasteiger partial charge in [-0.3, -0.25) is 0 Å². The summed E-state index contributed by atoms with van der Waals surface area (Å²) in [6.07, 6.45) is 3.95. The molecular weight excluding hydrogens is 326 g/mol. The van der Waals surface area contributed by atoms with Crippen LogP contribution in [0.3, 0.4) is 0 Å². The third-order valence-corrected chi connectivity index (χ3v) is 5.00. The van der Waals surface area contributed by atoms with E-state index >= 15 is 0 Å². The Hall–Kier alpha value is -2.34. The highest BCUT2D eigenvalue weighted by Crippen LogP contribution is 2.24. The molecular formula is C20H27N5O. The van der Waals surface area contributed by atoms with E-state index in [0.717, 1.165) is 49.5 Å². The molecule has 0 spiro atoms. The van der Waals surface area contributed by atoms with Crippen molar-refractivity contribution in [1.82, 2.24) is 9.97 Å². The highest BCUT2D eigenvalue weighted by Gasteiger charge is 2.15. The molecule has 0 bridgehead atoms. The van der Waals surface area contributed by atoms with Gasteiger partial charge in [-0.05, 0) is 50.5 Å². The van der Waals surface area contributed by atoms with Gasteiger partial charge in [-0.15, -0.1) is 0 Å². The number of hydrogen-bond acceptors (Lipinski definition) is 6. The topological polar surface area (TPSA) is 53.5 Å². The van der Waals surface area contributed by atoms with Crippen LogP contribution in [0, 0.1) is 6.92 Å². The van der Waals surface area contributed by atoms with Crippen LogP contribution < -0.4 is 15.1 Å². The second kappa shape index (κ2) is 7.91. The lowest BCUT2D eigenvalue weighted by molar-refractivity contribution is 0.122. The second-order valence-corrected chi connectivity index (χ2v) is 7.01. The summed E-state index contributed by atoms with van der Waals surface area (Å²) in [6.45, 7) is 7.49. The van der Waals surface area contributed by atoms with Gasteiger partial charge in [0, 0.05) is 49.3 Å². The number of aryl methyl sites for hydroxylation is 1. The molecule has 2 aromatic rings. The van der Waals surface area contributed by atoms with Gasteiger partial charge in [-0.1, -0.05) is 0 Å². The largest absolute Gasteiger partial charge is 0.378 e. The summed E-state index contributed by atoms with van der Waals surface area (Å²) in [5, 5.41) is 3.43. The Labute approximate surface area is 155 Å². The van der Waals surface area contributed by atoms with Gasteiger partial charge >= 0.3 is 0 Å². The first-order chi connectivity index (χ1) is 12.8. The quantitative estimate of drug-likeness (QED) is 0.910. The molecule has 0 radical (unpaired) electrons. The average molecular weight is 353 g/mol. The van der Waals surface area contributed by atoms with Crippen molar-refractivity contribution in [3.63, 3.8) is 0 Å². The normalized spacial score (nSPS) is 18.0. The van der Waals surface area contributed by atoms with Crippen LogP contribution >= 0.6 is 0 Å². The van der Waals surface area contributed by atoms with Crippen molar-refractivity contribution in [3.05, 3.63) is 36.0 Å². The maximum absolute atomic E-state index is 5.42. The number of hydrogen-bond donors (Lipinski definition) is 1. The van der Waals surface area contributed by atoms with E-state index in [0.29, 0.717) is 0 Å². The summed E-state index contributed by atoms with van der Waals surface area (Å²) in [7, 11) is 0. The Balaban J connectivity index is 1.47. The number of rotatable bonds is 4. The molecule has 2 aliphatic rings. The minimum atomic E-state index is 0.734. The molecule has 6 heteroatoms. The maximum Gasteiger partial charge on any atom is 0.227 e. The van der Waals surface area contributed by atoms with Crippen molar-refractivity contribution in [1.29, 1.82) is 0 Å². The van der Waals surface area contributed by atoms with E-state index in [2.05, 4.69) is 44.4 Å². The summed E-state index contributed by atoms with van der Waals surface area (Å²) in [4.78, 5) is 13.9. The fourth-order valence-electron chi connectivity index (χ4n) is 3.58. The van der Waals surface area contributed by atoms with Crippen molar-refractivity contribution in [2.45, 2.75) is 26.2 Å². The molecule has 1 N–H and O–H groups in total. The van der Waals surface area contributed by atoms with E-state index in [1.807, 2.05) is 13.0 Å². The van der Waals surface area contributed by atoms with Crippen molar-refractivity contribution in [2.75, 3.05) is 54.5 Å². The smallest absolute Gasteiger partial charge is 0.227 e. The Morgan fingerprint density at radius 2 is 1.62 bits per heavy atom. The highest BCUT2D eigenvalue weighted by molar-refractivity contribution is 5.62. The van der Waals surface area contributed by atoms with Gasteiger partial charge in [0.05, 0.1) is 13.2 Å². The van der Waals surface area contributed by atoms with E-state index in [1.54, 1.807) is 0 Å². The Kier molecular flexibility index (Phi) is 5.20. The molecule has 2 saturated heterocycles. The van der Waals surface area contributed by atoms with Crippen LogP contribution in [0.15, 0.2) is 30.3 Å². The third-order valence-electron chi connectivity index (χ3n) is 5.00. The summed E-state index contributed by atoms with van der Waals surface area (Å²) in [5.74, 6) is 1.62. The Morgan fingerprint density at radius 3 is 2.35 bits per heavy atom. The molecule has 0 unspecified atom stereocenters. The fraction of sp³-hybridized carbons (Fsp3) is 0.500. The van der Waals surface area contributed by atoms with E-state index in [4.69, 9.17) is 9.72 Å². The van der Waals surface area contributed by atoms with E-state index < -0.39 is 0 Å². The summed E-state index contributed by atoms with van der Waals surface area (Å²) in [6, 6.07) is 10.7. The van der Waals surface area contributed by atoms with Gasteiger partial charge in [0.2, 0.25) is 5.95 Å². The number of nitrogens with zero attached hydrogens (tertiary/aromatic N) is 4. The van der Waals surface area contributed by atoms with Gasteiger partial charge in [-0.2, -0.15) is 4.98 Å². The van der Waals surface area contributed by atoms with Crippen LogP contribution in [0.2, 0.25) is 0 Å². The van der Waals surface area contributed by atoms with Gasteiger partial charge in [0.25, 0.3) is 0 Å². The molecule has 6 nitrogen and oxygen atoms in total. The van der Waals surface area contributed by atoms with Crippen molar-refractivity contribution >= 4 is 23.1 Å². The standard InChI is InChI=1S/C20H27N5O/c1-16-15-19(23-20(21-16)25-11-13-26-14-12-25)22-17-5-7-18(8-6-17)24-9-3-2-4-10-24/h5-8,15H,2-4,9-14H2,1H3,(H,21,22,23). The number of nitrogens with one attached hydrogen (secondary N) is 1. The molecule has 0 amide bonds. The molecule has 3 heterocycles. The lowest BCUT2D eigenvalue weighted by Gasteiger charge is -2.29. The molecule has 2 aliphatic heterocycles. The molecule has 0 saturated carbocycles. The zero-order valence-corrected chi connectivity index (χ0v) is 15.4. The Bertz CT molecular complexity index is 721. The first-order valence-electron chi connectivity index (χ1n) is 9.58. The first kappa shape index (κ1) is 17.1. The van der Waals surface area contributed by atoms with Crippen LogP contribution in [0.5, 0.6) is 0 Å². The van der Waals surface area contributed by atoms with Crippen molar-refractivity contribution in [3.8, 4) is 0 Å². The zero-order chi connectivity index (χ0) is 17.8. The zero-order valence-electron chi connectivity index (χ0n) is 15.4. The fourth-order valence-corrected chi connectivity index (χ4v) is 3.58. The molecule has 138 valence electrons. The summed E-state index contributed by atoms with van der Waals surface area (Å²) < 4.78 is 5.42. The summed E-state index contributed by atoms with van der Waals surface area (Å²) >= 11 is 0. The lowest BCUT2D eigenvalue weighted by atomic mass is 10.1. The van der Waals surface area contributed by atoms with E-state index in [-0.39, 0.29) is 0 Å². The van der Waals surface area contributed by atoms with E-state index in [1.165, 1.54) is 38.0 Å². The molecule has 2 fully saturated rings. The minimum Gasteiger partial charge on any atom is -0.378 e. The number of piperidine rings is 1. The van der Waals surface area contributed by atoms with Crippen LogP contribution in [0.25, 0.3) is 0 Å². The van der Waals surface area contributed by atoms with Crippen LogP contribution in [-0.2, 0) is 4.74 Å². The predicted octanol–water partition coefficient (Wildman–Crippen LogP) is 3.36. The molecule has 1 aromatic heterocycles. The first-order valence-corrected chi connectivity index (χ1v) is 9.58. The van der Waals surface area contributed by atoms with Gasteiger partial charge in [0.1, 0.15) is 5.82 Å². The second-order valence-electron chi connectivity index (χ2n) is 7.01. The lowest BCUT2D eigenvalue weighted by Crippen LogP contribution is -2.37. The molecule has 0 atom stereocenters. The molecule has 26 heavy (non-hydrogen) atoms. The van der Waals surface area contributed by atoms with Gasteiger partial charge < -0.3 is 19.9 Å².